The second-order valence-corrected chi connectivity index (χ2v) is 5.42. The maximum Gasteiger partial charge on any atom is 0.127 e. The average Bonchev–Trinajstić information content (AvgIpc) is 2.47. The summed E-state index contributed by atoms with van der Waals surface area (Å²) in [6.45, 7) is 12.1. The second kappa shape index (κ2) is 9.09. The molecule has 0 fully saturated rings. The summed E-state index contributed by atoms with van der Waals surface area (Å²) in [5.74, 6) is -0.0917. The largest absolute Gasteiger partial charge is 0.313 e. The SMILES string of the molecule is CCCNCc1ccc(F)c(CN(CC)C(C)CC)c1. The van der Waals surface area contributed by atoms with Crippen LogP contribution >= 0.6 is 0 Å². The van der Waals surface area contributed by atoms with E-state index in [2.05, 4.69) is 37.9 Å². The van der Waals surface area contributed by atoms with Crippen LogP contribution in [-0.4, -0.2) is 24.0 Å². The summed E-state index contributed by atoms with van der Waals surface area (Å²) < 4.78 is 14.0. The molecule has 20 heavy (non-hydrogen) atoms. The van der Waals surface area contributed by atoms with Crippen molar-refractivity contribution < 1.29 is 4.39 Å². The van der Waals surface area contributed by atoms with Crippen LogP contribution in [0, 0.1) is 5.82 Å². The molecule has 1 aromatic carbocycles. The molecule has 0 amide bonds. The van der Waals surface area contributed by atoms with Crippen LogP contribution in [0.1, 0.15) is 51.7 Å². The molecule has 114 valence electrons. The molecule has 0 aliphatic rings. The van der Waals surface area contributed by atoms with E-state index in [9.17, 15) is 4.39 Å². The van der Waals surface area contributed by atoms with Gasteiger partial charge in [-0.1, -0.05) is 32.9 Å². The number of nitrogens with one attached hydrogen (secondary N) is 1. The Morgan fingerprint density at radius 2 is 2.00 bits per heavy atom. The first-order chi connectivity index (χ1) is 9.62. The van der Waals surface area contributed by atoms with E-state index in [-0.39, 0.29) is 5.82 Å². The predicted molar refractivity (Wildman–Crippen MR) is 84.2 cm³/mol. The first-order valence-corrected chi connectivity index (χ1v) is 7.84. The van der Waals surface area contributed by atoms with Gasteiger partial charge in [0.05, 0.1) is 0 Å². The zero-order valence-corrected chi connectivity index (χ0v) is 13.4. The first-order valence-electron chi connectivity index (χ1n) is 7.84. The smallest absolute Gasteiger partial charge is 0.127 e. The van der Waals surface area contributed by atoms with Crippen molar-refractivity contribution >= 4 is 0 Å². The minimum Gasteiger partial charge on any atom is -0.313 e. The third kappa shape index (κ3) is 5.22. The van der Waals surface area contributed by atoms with Gasteiger partial charge in [0.1, 0.15) is 5.82 Å². The topological polar surface area (TPSA) is 15.3 Å². The van der Waals surface area contributed by atoms with Gasteiger partial charge in [0.2, 0.25) is 0 Å². The van der Waals surface area contributed by atoms with Crippen molar-refractivity contribution in [2.75, 3.05) is 13.1 Å². The lowest BCUT2D eigenvalue weighted by molar-refractivity contribution is 0.203. The van der Waals surface area contributed by atoms with Gasteiger partial charge in [-0.3, -0.25) is 4.90 Å². The van der Waals surface area contributed by atoms with Crippen LogP contribution in [0.25, 0.3) is 0 Å². The Bertz CT molecular complexity index is 393. The maximum absolute atomic E-state index is 14.0. The Balaban J connectivity index is 2.74. The third-order valence-corrected chi connectivity index (χ3v) is 3.86. The van der Waals surface area contributed by atoms with Gasteiger partial charge in [0.15, 0.2) is 0 Å². The molecule has 3 heteroatoms. The lowest BCUT2D eigenvalue weighted by Crippen LogP contribution is -2.32. The van der Waals surface area contributed by atoms with Crippen molar-refractivity contribution in [1.82, 2.24) is 10.2 Å². The lowest BCUT2D eigenvalue weighted by Gasteiger charge is -2.27. The number of nitrogens with zero attached hydrogens (tertiary/aromatic N) is 1. The predicted octanol–water partition coefficient (Wildman–Crippen LogP) is 3.95. The van der Waals surface area contributed by atoms with Crippen molar-refractivity contribution in [2.45, 2.75) is 59.7 Å². The minimum absolute atomic E-state index is 0.0917. The maximum atomic E-state index is 14.0. The normalized spacial score (nSPS) is 12.9. The van der Waals surface area contributed by atoms with E-state index in [0.29, 0.717) is 12.6 Å². The van der Waals surface area contributed by atoms with E-state index in [1.54, 1.807) is 6.07 Å². The summed E-state index contributed by atoms with van der Waals surface area (Å²) in [6, 6.07) is 5.97. The summed E-state index contributed by atoms with van der Waals surface area (Å²) in [5, 5.41) is 3.36. The molecule has 1 unspecified atom stereocenters. The molecule has 1 rings (SSSR count). The van der Waals surface area contributed by atoms with Crippen LogP contribution in [0.4, 0.5) is 4.39 Å². The fourth-order valence-electron chi connectivity index (χ4n) is 2.33. The first kappa shape index (κ1) is 17.1. The Morgan fingerprint density at radius 1 is 1.25 bits per heavy atom. The van der Waals surface area contributed by atoms with Crippen LogP contribution in [0.3, 0.4) is 0 Å². The number of hydrogen-bond acceptors (Lipinski definition) is 2. The van der Waals surface area contributed by atoms with Crippen LogP contribution < -0.4 is 5.32 Å². The standard InChI is InChI=1S/C17H29FN2/c1-5-10-19-12-15-8-9-17(18)16(11-15)13-20(7-3)14(4)6-2/h8-9,11,14,19H,5-7,10,12-13H2,1-4H3. The van der Waals surface area contributed by atoms with Crippen LogP contribution in [0.5, 0.6) is 0 Å². The quantitative estimate of drug-likeness (QED) is 0.689. The van der Waals surface area contributed by atoms with Gasteiger partial charge in [-0.15, -0.1) is 0 Å². The molecule has 0 aromatic heterocycles. The van der Waals surface area contributed by atoms with Gasteiger partial charge < -0.3 is 5.32 Å². The number of halogens is 1. The number of benzene rings is 1. The van der Waals surface area contributed by atoms with Gasteiger partial charge >= 0.3 is 0 Å². The fraction of sp³-hybridized carbons (Fsp3) is 0.647. The van der Waals surface area contributed by atoms with Crippen molar-refractivity contribution in [3.63, 3.8) is 0 Å². The Kier molecular flexibility index (Phi) is 7.78. The van der Waals surface area contributed by atoms with E-state index < -0.39 is 0 Å². The zero-order chi connectivity index (χ0) is 15.0. The Hall–Kier alpha value is -0.930. The van der Waals surface area contributed by atoms with E-state index in [1.165, 1.54) is 0 Å². The van der Waals surface area contributed by atoms with Gasteiger partial charge in [-0.25, -0.2) is 4.39 Å². The van der Waals surface area contributed by atoms with Crippen molar-refractivity contribution in [1.29, 1.82) is 0 Å². The van der Waals surface area contributed by atoms with Crippen molar-refractivity contribution in [2.24, 2.45) is 0 Å². The van der Waals surface area contributed by atoms with Crippen molar-refractivity contribution in [3.8, 4) is 0 Å². The molecule has 0 bridgehead atoms. The highest BCUT2D eigenvalue weighted by Crippen LogP contribution is 2.16. The van der Waals surface area contributed by atoms with Gasteiger partial charge in [-0.2, -0.15) is 0 Å². The van der Waals surface area contributed by atoms with E-state index >= 15 is 0 Å². The molecule has 0 saturated carbocycles. The molecular weight excluding hydrogens is 251 g/mol. The van der Waals surface area contributed by atoms with Gasteiger partial charge in [-0.05, 0) is 44.5 Å². The molecule has 0 spiro atoms. The highest BCUT2D eigenvalue weighted by molar-refractivity contribution is 5.25. The molecule has 1 atom stereocenters. The molecule has 0 saturated heterocycles. The third-order valence-electron chi connectivity index (χ3n) is 3.86. The number of hydrogen-bond donors (Lipinski definition) is 1. The van der Waals surface area contributed by atoms with Gasteiger partial charge in [0, 0.05) is 24.7 Å². The van der Waals surface area contributed by atoms with Crippen LogP contribution in [0.2, 0.25) is 0 Å². The van der Waals surface area contributed by atoms with Gasteiger partial charge in [0.25, 0.3) is 0 Å². The molecule has 0 heterocycles. The molecule has 0 radical (unpaired) electrons. The van der Waals surface area contributed by atoms with Crippen molar-refractivity contribution in [3.05, 3.63) is 35.1 Å². The average molecular weight is 280 g/mol. The Labute approximate surface area is 123 Å². The molecular formula is C17H29FN2. The van der Waals surface area contributed by atoms with Crippen LogP contribution in [0.15, 0.2) is 18.2 Å². The molecule has 0 aliphatic heterocycles. The highest BCUT2D eigenvalue weighted by Gasteiger charge is 2.13. The molecule has 2 nitrogen and oxygen atoms in total. The summed E-state index contributed by atoms with van der Waals surface area (Å²) in [6.07, 6.45) is 2.21. The minimum atomic E-state index is -0.0917. The monoisotopic (exact) mass is 280 g/mol. The Morgan fingerprint density at radius 3 is 2.60 bits per heavy atom. The van der Waals surface area contributed by atoms with E-state index in [4.69, 9.17) is 0 Å². The zero-order valence-electron chi connectivity index (χ0n) is 13.4. The van der Waals surface area contributed by atoms with Crippen LogP contribution in [-0.2, 0) is 13.1 Å². The highest BCUT2D eigenvalue weighted by atomic mass is 19.1. The summed E-state index contributed by atoms with van der Waals surface area (Å²) >= 11 is 0. The number of rotatable bonds is 9. The summed E-state index contributed by atoms with van der Waals surface area (Å²) in [4.78, 5) is 2.32. The van der Waals surface area contributed by atoms with E-state index in [0.717, 1.165) is 43.6 Å². The summed E-state index contributed by atoms with van der Waals surface area (Å²) in [7, 11) is 0. The molecule has 1 aromatic rings. The fourth-order valence-corrected chi connectivity index (χ4v) is 2.33. The molecule has 0 aliphatic carbocycles. The second-order valence-electron chi connectivity index (χ2n) is 5.42. The molecule has 1 N–H and O–H groups in total. The lowest BCUT2D eigenvalue weighted by atomic mass is 10.1. The van der Waals surface area contributed by atoms with E-state index in [1.807, 2.05) is 12.1 Å². The summed E-state index contributed by atoms with van der Waals surface area (Å²) in [5.41, 5.74) is 1.97.